The van der Waals surface area contributed by atoms with E-state index in [-0.39, 0.29) is 23.3 Å². The topological polar surface area (TPSA) is 88.5 Å². The number of hydrogen-bond donors (Lipinski definition) is 1. The largest absolute Gasteiger partial charge is 0.344 e. The Morgan fingerprint density at radius 3 is 2.07 bits per heavy atom. The van der Waals surface area contributed by atoms with E-state index in [1.807, 2.05) is 19.1 Å². The Bertz CT molecular complexity index is 1160. The summed E-state index contributed by atoms with van der Waals surface area (Å²) >= 11 is 0. The predicted octanol–water partition coefficient (Wildman–Crippen LogP) is 2.43. The van der Waals surface area contributed by atoms with Crippen molar-refractivity contribution in [1.29, 1.82) is 0 Å². The highest BCUT2D eigenvalue weighted by Crippen LogP contribution is 2.21. The number of nitrogens with one attached hydrogen (secondary N) is 1. The maximum absolute atomic E-state index is 12.7. The van der Waals surface area contributed by atoms with Crippen LogP contribution < -0.4 is 5.43 Å². The first kappa shape index (κ1) is 19.3. The van der Waals surface area contributed by atoms with E-state index in [1.54, 1.807) is 60.1 Å². The van der Waals surface area contributed by atoms with E-state index in [4.69, 9.17) is 0 Å². The summed E-state index contributed by atoms with van der Waals surface area (Å²) in [7, 11) is 1.70. The van der Waals surface area contributed by atoms with Gasteiger partial charge < -0.3 is 4.57 Å². The smallest absolute Gasteiger partial charge is 0.280 e. The standard InChI is InChI=1S/C23H19N3O4/c1-14-7-9-15(10-8-14)21(28)19-12-11-16(25(19)2)13-20(27)24-26-22(29)17-5-3-4-6-18(17)23(26)30/h3-12H,13H2,1-2H3,(H,24,27). The van der Waals surface area contributed by atoms with E-state index >= 15 is 0 Å². The number of ketones is 1. The van der Waals surface area contributed by atoms with Gasteiger partial charge >= 0.3 is 0 Å². The third kappa shape index (κ3) is 3.30. The van der Waals surface area contributed by atoms with Crippen LogP contribution in [-0.2, 0) is 18.3 Å². The molecule has 0 aliphatic carbocycles. The van der Waals surface area contributed by atoms with Crippen molar-refractivity contribution in [3.63, 3.8) is 0 Å². The number of fused-ring (bicyclic) bond motifs is 1. The number of hydrogen-bond acceptors (Lipinski definition) is 4. The normalized spacial score (nSPS) is 12.8. The molecular weight excluding hydrogens is 382 g/mol. The van der Waals surface area contributed by atoms with Crippen LogP contribution in [0.5, 0.6) is 0 Å². The quantitative estimate of drug-likeness (QED) is 0.525. The summed E-state index contributed by atoms with van der Waals surface area (Å²) in [6, 6.07) is 17.0. The third-order valence-electron chi connectivity index (χ3n) is 5.14. The maximum atomic E-state index is 12.7. The molecule has 3 amide bonds. The Hall–Kier alpha value is -4.00. The van der Waals surface area contributed by atoms with Gasteiger partial charge in [0.05, 0.1) is 23.2 Å². The van der Waals surface area contributed by atoms with E-state index in [9.17, 15) is 19.2 Å². The summed E-state index contributed by atoms with van der Waals surface area (Å²) in [5, 5.41) is 0.730. The van der Waals surface area contributed by atoms with Gasteiger partial charge in [0, 0.05) is 18.3 Å². The minimum Gasteiger partial charge on any atom is -0.344 e. The van der Waals surface area contributed by atoms with Crippen molar-refractivity contribution in [3.05, 3.63) is 94.3 Å². The van der Waals surface area contributed by atoms with Crippen LogP contribution in [0.2, 0.25) is 0 Å². The monoisotopic (exact) mass is 401 g/mol. The number of hydrazine groups is 1. The zero-order chi connectivity index (χ0) is 21.4. The number of nitrogens with zero attached hydrogens (tertiary/aromatic N) is 2. The van der Waals surface area contributed by atoms with E-state index in [2.05, 4.69) is 5.43 Å². The second-order valence-electron chi connectivity index (χ2n) is 7.17. The number of carbonyl (C=O) groups is 4. The SMILES string of the molecule is Cc1ccc(C(=O)c2ccc(CC(=O)NN3C(=O)c4ccccc4C3=O)n2C)cc1. The number of imide groups is 1. The lowest BCUT2D eigenvalue weighted by molar-refractivity contribution is -0.123. The molecule has 1 aromatic heterocycles. The number of rotatable bonds is 5. The predicted molar refractivity (Wildman–Crippen MR) is 109 cm³/mol. The first-order chi connectivity index (χ1) is 14.4. The number of aromatic nitrogens is 1. The lowest BCUT2D eigenvalue weighted by atomic mass is 10.1. The fourth-order valence-electron chi connectivity index (χ4n) is 3.43. The average molecular weight is 401 g/mol. The molecule has 0 saturated heterocycles. The minimum absolute atomic E-state index is 0.0922. The summed E-state index contributed by atoms with van der Waals surface area (Å²) in [6.07, 6.45) is -0.0922. The van der Waals surface area contributed by atoms with Crippen LogP contribution in [0.3, 0.4) is 0 Å². The van der Waals surface area contributed by atoms with Crippen LogP contribution in [0.25, 0.3) is 0 Å². The molecule has 1 aliphatic heterocycles. The lowest BCUT2D eigenvalue weighted by Gasteiger charge is -2.15. The molecule has 3 aromatic rings. The van der Waals surface area contributed by atoms with Crippen LogP contribution >= 0.6 is 0 Å². The fourth-order valence-corrected chi connectivity index (χ4v) is 3.43. The van der Waals surface area contributed by atoms with Crippen molar-refractivity contribution in [2.24, 2.45) is 7.05 Å². The fraction of sp³-hybridized carbons (Fsp3) is 0.130. The van der Waals surface area contributed by atoms with E-state index in [1.165, 1.54) is 0 Å². The van der Waals surface area contributed by atoms with E-state index in [0.717, 1.165) is 10.6 Å². The molecule has 150 valence electrons. The highest BCUT2D eigenvalue weighted by Gasteiger charge is 2.36. The zero-order valence-corrected chi connectivity index (χ0v) is 16.5. The number of benzene rings is 2. The maximum Gasteiger partial charge on any atom is 0.280 e. The van der Waals surface area contributed by atoms with Crippen molar-refractivity contribution < 1.29 is 19.2 Å². The minimum atomic E-state index is -0.564. The van der Waals surface area contributed by atoms with Gasteiger partial charge in [0.2, 0.25) is 11.7 Å². The van der Waals surface area contributed by atoms with E-state index < -0.39 is 17.7 Å². The van der Waals surface area contributed by atoms with Gasteiger partial charge in [-0.3, -0.25) is 24.6 Å². The molecule has 0 fully saturated rings. The van der Waals surface area contributed by atoms with Crippen molar-refractivity contribution in [3.8, 4) is 0 Å². The number of carbonyl (C=O) groups excluding carboxylic acids is 4. The molecule has 1 aliphatic rings. The van der Waals surface area contributed by atoms with Crippen LogP contribution in [-0.4, -0.2) is 33.1 Å². The zero-order valence-electron chi connectivity index (χ0n) is 16.5. The molecule has 0 bridgehead atoms. The molecular formula is C23H19N3O4. The van der Waals surface area contributed by atoms with Crippen molar-refractivity contribution in [2.45, 2.75) is 13.3 Å². The van der Waals surface area contributed by atoms with Crippen LogP contribution in [0, 0.1) is 6.92 Å². The number of amides is 3. The summed E-state index contributed by atoms with van der Waals surface area (Å²) < 4.78 is 1.64. The molecule has 30 heavy (non-hydrogen) atoms. The Labute approximate surface area is 172 Å². The van der Waals surface area contributed by atoms with Gasteiger partial charge in [0.1, 0.15) is 0 Å². The summed E-state index contributed by atoms with van der Waals surface area (Å²) in [4.78, 5) is 50.0. The molecule has 0 radical (unpaired) electrons. The van der Waals surface area contributed by atoms with Crippen molar-refractivity contribution >= 4 is 23.5 Å². The van der Waals surface area contributed by atoms with Gasteiger partial charge in [-0.05, 0) is 31.2 Å². The summed E-state index contributed by atoms with van der Waals surface area (Å²) in [6.45, 7) is 1.95. The molecule has 2 aromatic carbocycles. The van der Waals surface area contributed by atoms with Crippen LogP contribution in [0.15, 0.2) is 60.7 Å². The first-order valence-electron chi connectivity index (χ1n) is 9.40. The molecule has 0 saturated carbocycles. The van der Waals surface area contributed by atoms with Gasteiger partial charge in [0.15, 0.2) is 0 Å². The van der Waals surface area contributed by atoms with Gasteiger partial charge in [-0.2, -0.15) is 5.01 Å². The van der Waals surface area contributed by atoms with Gasteiger partial charge in [-0.1, -0.05) is 42.0 Å². The van der Waals surface area contributed by atoms with Crippen molar-refractivity contribution in [2.75, 3.05) is 0 Å². The molecule has 2 heterocycles. The molecule has 1 N–H and O–H groups in total. The molecule has 7 nitrogen and oxygen atoms in total. The second-order valence-corrected chi connectivity index (χ2v) is 7.17. The van der Waals surface area contributed by atoms with E-state index in [0.29, 0.717) is 17.0 Å². The van der Waals surface area contributed by atoms with Gasteiger partial charge in [-0.25, -0.2) is 0 Å². The average Bonchev–Trinajstić information content (AvgIpc) is 3.21. The Morgan fingerprint density at radius 2 is 1.47 bits per heavy atom. The molecule has 7 heteroatoms. The second kappa shape index (κ2) is 7.44. The summed E-state index contributed by atoms with van der Waals surface area (Å²) in [5.41, 5.74) is 5.54. The highest BCUT2D eigenvalue weighted by atomic mass is 16.2. The lowest BCUT2D eigenvalue weighted by Crippen LogP contribution is -2.46. The van der Waals surface area contributed by atoms with Crippen molar-refractivity contribution in [1.82, 2.24) is 15.0 Å². The Morgan fingerprint density at radius 1 is 0.867 bits per heavy atom. The highest BCUT2D eigenvalue weighted by molar-refractivity contribution is 6.21. The summed E-state index contributed by atoms with van der Waals surface area (Å²) in [5.74, 6) is -1.80. The van der Waals surface area contributed by atoms with Gasteiger partial charge in [0.25, 0.3) is 11.8 Å². The van der Waals surface area contributed by atoms with Gasteiger partial charge in [-0.15, -0.1) is 0 Å². The number of aryl methyl sites for hydroxylation is 1. The third-order valence-corrected chi connectivity index (χ3v) is 5.14. The molecule has 4 rings (SSSR count). The van der Waals surface area contributed by atoms with Crippen LogP contribution in [0.4, 0.5) is 0 Å². The first-order valence-corrected chi connectivity index (χ1v) is 9.40. The molecule has 0 atom stereocenters. The molecule has 0 unspecified atom stereocenters. The van der Waals surface area contributed by atoms with Crippen LogP contribution in [0.1, 0.15) is 48.0 Å². The Kier molecular flexibility index (Phi) is 4.79. The molecule has 0 spiro atoms. The Balaban J connectivity index is 1.47.